The predicted octanol–water partition coefficient (Wildman–Crippen LogP) is 2.39. The number of rotatable bonds is 10. The molecule has 24 heavy (non-hydrogen) atoms. The highest BCUT2D eigenvalue weighted by Gasteiger charge is 2.03. The minimum Gasteiger partial charge on any atom is -0.356 e. The van der Waals surface area contributed by atoms with Crippen molar-refractivity contribution < 1.29 is 0 Å². The van der Waals surface area contributed by atoms with Crippen LogP contribution < -0.4 is 10.6 Å². The van der Waals surface area contributed by atoms with Gasteiger partial charge in [-0.15, -0.1) is 21.5 Å². The average Bonchev–Trinajstić information content (AvgIpc) is 3.27. The number of nitrogens with one attached hydrogen (secondary N) is 2. The van der Waals surface area contributed by atoms with Crippen molar-refractivity contribution >= 4 is 29.1 Å². The second-order valence-corrected chi connectivity index (χ2v) is 7.26. The summed E-state index contributed by atoms with van der Waals surface area (Å²) in [6.07, 6.45) is 5.95. The molecule has 2 rings (SSSR count). The molecule has 0 saturated heterocycles. The Hall–Kier alpha value is -1.54. The van der Waals surface area contributed by atoms with Crippen LogP contribution in [0.2, 0.25) is 0 Å². The zero-order valence-corrected chi connectivity index (χ0v) is 16.0. The van der Waals surface area contributed by atoms with Gasteiger partial charge in [-0.05, 0) is 29.9 Å². The molecule has 0 aliphatic heterocycles. The maximum absolute atomic E-state index is 4.68. The second kappa shape index (κ2) is 11.1. The van der Waals surface area contributed by atoms with Crippen molar-refractivity contribution in [3.8, 4) is 0 Å². The van der Waals surface area contributed by atoms with E-state index in [-0.39, 0.29) is 0 Å². The molecule has 0 fully saturated rings. The Morgan fingerprint density at radius 1 is 1.38 bits per heavy atom. The molecule has 8 heteroatoms. The highest BCUT2D eigenvalue weighted by atomic mass is 32.2. The fourth-order valence-electron chi connectivity index (χ4n) is 2.19. The highest BCUT2D eigenvalue weighted by molar-refractivity contribution is 7.98. The number of hydrogen-bond donors (Lipinski definition) is 2. The zero-order valence-electron chi connectivity index (χ0n) is 14.4. The van der Waals surface area contributed by atoms with E-state index in [4.69, 9.17) is 0 Å². The van der Waals surface area contributed by atoms with Crippen LogP contribution in [0.5, 0.6) is 0 Å². The molecule has 2 aromatic heterocycles. The summed E-state index contributed by atoms with van der Waals surface area (Å²) in [7, 11) is 0. The number of thiophene rings is 1. The molecule has 132 valence electrons. The Balaban J connectivity index is 1.83. The van der Waals surface area contributed by atoms with Crippen molar-refractivity contribution in [3.05, 3.63) is 34.5 Å². The van der Waals surface area contributed by atoms with Gasteiger partial charge in [0, 0.05) is 30.9 Å². The maximum atomic E-state index is 4.68. The molecule has 2 heterocycles. The van der Waals surface area contributed by atoms with Gasteiger partial charge >= 0.3 is 0 Å². The lowest BCUT2D eigenvalue weighted by Gasteiger charge is -2.13. The third-order valence-corrected chi connectivity index (χ3v) is 5.01. The number of aromatic nitrogens is 3. The summed E-state index contributed by atoms with van der Waals surface area (Å²) in [5.41, 5.74) is 0. The number of guanidine groups is 1. The first kappa shape index (κ1) is 18.8. The normalized spacial score (nSPS) is 11.7. The van der Waals surface area contributed by atoms with Gasteiger partial charge in [-0.1, -0.05) is 13.0 Å². The van der Waals surface area contributed by atoms with Crippen LogP contribution in [0.4, 0.5) is 0 Å². The van der Waals surface area contributed by atoms with Gasteiger partial charge in [0.15, 0.2) is 5.96 Å². The van der Waals surface area contributed by atoms with Crippen molar-refractivity contribution in [2.24, 2.45) is 4.99 Å². The number of hydrogen-bond acceptors (Lipinski definition) is 5. The summed E-state index contributed by atoms with van der Waals surface area (Å²) < 4.78 is 2.08. The highest BCUT2D eigenvalue weighted by Crippen LogP contribution is 2.09. The van der Waals surface area contributed by atoms with E-state index in [9.17, 15) is 0 Å². The number of nitrogens with zero attached hydrogens (tertiary/aromatic N) is 4. The molecule has 0 bridgehead atoms. The zero-order chi connectivity index (χ0) is 17.0. The Morgan fingerprint density at radius 2 is 2.25 bits per heavy atom. The molecule has 2 aromatic rings. The van der Waals surface area contributed by atoms with Crippen molar-refractivity contribution in [1.29, 1.82) is 0 Å². The van der Waals surface area contributed by atoms with Gasteiger partial charge in [-0.25, -0.2) is 4.99 Å². The number of aliphatic imine (C=N–C) groups is 1. The van der Waals surface area contributed by atoms with Crippen molar-refractivity contribution in [2.45, 2.75) is 32.9 Å². The molecule has 0 atom stereocenters. The summed E-state index contributed by atoms with van der Waals surface area (Å²) in [4.78, 5) is 5.95. The van der Waals surface area contributed by atoms with E-state index in [0.29, 0.717) is 6.54 Å². The standard InChI is InChI=1S/C16H26N6S2/c1-3-15-21-20-13-22(15)9-8-18-16(17-7-5-10-23-2)19-12-14-6-4-11-24-14/h4,6,11,13H,3,5,7-10,12H2,1-2H3,(H2,17,18,19). The van der Waals surface area contributed by atoms with Crippen molar-refractivity contribution in [3.63, 3.8) is 0 Å². The molecular weight excluding hydrogens is 340 g/mol. The van der Waals surface area contributed by atoms with Crippen LogP contribution in [0.3, 0.4) is 0 Å². The first-order valence-corrected chi connectivity index (χ1v) is 10.5. The van der Waals surface area contributed by atoms with Crippen molar-refractivity contribution in [1.82, 2.24) is 25.4 Å². The van der Waals surface area contributed by atoms with Crippen LogP contribution in [0, 0.1) is 0 Å². The Bertz CT molecular complexity index is 593. The first-order valence-electron chi connectivity index (χ1n) is 8.23. The predicted molar refractivity (Wildman–Crippen MR) is 104 cm³/mol. The summed E-state index contributed by atoms with van der Waals surface area (Å²) in [6, 6.07) is 4.18. The van der Waals surface area contributed by atoms with Gasteiger partial charge in [0.05, 0.1) is 6.54 Å². The first-order chi connectivity index (χ1) is 11.8. The summed E-state index contributed by atoms with van der Waals surface area (Å²) in [5, 5.41) is 17.0. The van der Waals surface area contributed by atoms with Gasteiger partial charge in [0.2, 0.25) is 0 Å². The van der Waals surface area contributed by atoms with E-state index in [2.05, 4.69) is 61.1 Å². The van der Waals surface area contributed by atoms with Crippen LogP contribution in [0.15, 0.2) is 28.8 Å². The molecule has 6 nitrogen and oxygen atoms in total. The topological polar surface area (TPSA) is 67.1 Å². The Labute approximate surface area is 152 Å². The van der Waals surface area contributed by atoms with Gasteiger partial charge in [-0.3, -0.25) is 0 Å². The van der Waals surface area contributed by atoms with E-state index in [1.54, 1.807) is 17.7 Å². The summed E-state index contributed by atoms with van der Waals surface area (Å²) >= 11 is 3.61. The third kappa shape index (κ3) is 6.52. The largest absolute Gasteiger partial charge is 0.356 e. The van der Waals surface area contributed by atoms with Crippen LogP contribution >= 0.6 is 23.1 Å². The molecule has 0 aliphatic carbocycles. The fourth-order valence-corrected chi connectivity index (χ4v) is 3.25. The minimum absolute atomic E-state index is 0.711. The van der Waals surface area contributed by atoms with Crippen LogP contribution in [-0.2, 0) is 19.5 Å². The fraction of sp³-hybridized carbons (Fsp3) is 0.562. The molecule has 0 spiro atoms. The lowest BCUT2D eigenvalue weighted by atomic mass is 10.4. The molecule has 0 aromatic carbocycles. The quantitative estimate of drug-likeness (QED) is 0.384. The minimum atomic E-state index is 0.711. The van der Waals surface area contributed by atoms with Gasteiger partial charge in [0.25, 0.3) is 0 Å². The van der Waals surface area contributed by atoms with Crippen LogP contribution in [-0.4, -0.2) is 45.8 Å². The lowest BCUT2D eigenvalue weighted by Crippen LogP contribution is -2.39. The van der Waals surface area contributed by atoms with Crippen molar-refractivity contribution in [2.75, 3.05) is 25.1 Å². The monoisotopic (exact) mass is 366 g/mol. The van der Waals surface area contributed by atoms with Gasteiger partial charge in [-0.2, -0.15) is 11.8 Å². The van der Waals surface area contributed by atoms with E-state index in [1.165, 1.54) is 4.88 Å². The van der Waals surface area contributed by atoms with E-state index < -0.39 is 0 Å². The molecule has 2 N–H and O–H groups in total. The van der Waals surface area contributed by atoms with Crippen LogP contribution in [0.25, 0.3) is 0 Å². The summed E-state index contributed by atoms with van der Waals surface area (Å²) in [5.74, 6) is 3.05. The number of aryl methyl sites for hydroxylation is 1. The molecule has 0 saturated carbocycles. The molecule has 0 amide bonds. The molecule has 0 unspecified atom stereocenters. The molecule has 0 radical (unpaired) electrons. The lowest BCUT2D eigenvalue weighted by molar-refractivity contribution is 0.631. The van der Waals surface area contributed by atoms with E-state index >= 15 is 0 Å². The molecule has 0 aliphatic rings. The van der Waals surface area contributed by atoms with E-state index in [0.717, 1.165) is 50.0 Å². The maximum Gasteiger partial charge on any atom is 0.191 e. The Kier molecular flexibility index (Phi) is 8.69. The van der Waals surface area contributed by atoms with Crippen LogP contribution in [0.1, 0.15) is 24.0 Å². The Morgan fingerprint density at radius 3 is 3.00 bits per heavy atom. The second-order valence-electron chi connectivity index (χ2n) is 5.24. The van der Waals surface area contributed by atoms with E-state index in [1.807, 2.05) is 11.8 Å². The smallest absolute Gasteiger partial charge is 0.191 e. The average molecular weight is 367 g/mol. The van der Waals surface area contributed by atoms with Gasteiger partial charge in [0.1, 0.15) is 12.2 Å². The third-order valence-electron chi connectivity index (χ3n) is 3.45. The number of thioether (sulfide) groups is 1. The summed E-state index contributed by atoms with van der Waals surface area (Å²) in [6.45, 7) is 5.37. The SMILES string of the molecule is CCc1nncn1CCNC(=NCc1cccs1)NCCCSC. The van der Waals surface area contributed by atoms with Gasteiger partial charge < -0.3 is 15.2 Å². The molecular formula is C16H26N6S2.